The van der Waals surface area contributed by atoms with E-state index in [1.165, 1.54) is 13.3 Å². The van der Waals surface area contributed by atoms with Crippen LogP contribution in [0, 0.1) is 0 Å². The second-order valence-electron chi connectivity index (χ2n) is 4.25. The van der Waals surface area contributed by atoms with Crippen LogP contribution in [-0.2, 0) is 16.8 Å². The summed E-state index contributed by atoms with van der Waals surface area (Å²) in [6.07, 6.45) is 4.64. The van der Waals surface area contributed by atoms with Gasteiger partial charge in [0.15, 0.2) is 5.82 Å². The second kappa shape index (κ2) is 5.05. The fourth-order valence-corrected chi connectivity index (χ4v) is 2.70. The third-order valence-corrected chi connectivity index (χ3v) is 3.67. The molecule has 0 atom stereocenters. The number of ether oxygens (including phenoxy) is 1. The third kappa shape index (κ3) is 2.94. The van der Waals surface area contributed by atoms with Gasteiger partial charge in [-0.15, -0.1) is 0 Å². The Balaban J connectivity index is 1.72. The average molecular weight is 308 g/mol. The van der Waals surface area contributed by atoms with Gasteiger partial charge in [0.05, 0.1) is 25.2 Å². The molecule has 2 aromatic rings. The van der Waals surface area contributed by atoms with E-state index in [1.54, 1.807) is 18.5 Å². The summed E-state index contributed by atoms with van der Waals surface area (Å²) in [6, 6.07) is 1.69. The highest BCUT2D eigenvalue weighted by Gasteiger charge is 2.23. The molecule has 0 spiro atoms. The van der Waals surface area contributed by atoms with Gasteiger partial charge >= 0.3 is 10.2 Å². The predicted molar refractivity (Wildman–Crippen MR) is 76.3 cm³/mol. The number of nitrogens with one attached hydrogen (secondary N) is 3. The summed E-state index contributed by atoms with van der Waals surface area (Å²) in [6.45, 7) is 0.420. The minimum Gasteiger partial charge on any atom is -0.480 e. The lowest BCUT2D eigenvalue weighted by Gasteiger charge is -2.07. The van der Waals surface area contributed by atoms with E-state index in [2.05, 4.69) is 29.7 Å². The van der Waals surface area contributed by atoms with Crippen LogP contribution in [0.5, 0.6) is 5.88 Å². The predicted octanol–water partition coefficient (Wildman–Crippen LogP) is 0.574. The van der Waals surface area contributed by atoms with Crippen molar-refractivity contribution in [2.45, 2.75) is 6.54 Å². The van der Waals surface area contributed by atoms with E-state index in [1.807, 2.05) is 0 Å². The number of rotatable bonds is 4. The summed E-state index contributed by atoms with van der Waals surface area (Å²) >= 11 is 0. The van der Waals surface area contributed by atoms with E-state index in [9.17, 15) is 8.42 Å². The topological polar surface area (TPSA) is 118 Å². The highest BCUT2D eigenvalue weighted by Crippen LogP contribution is 2.28. The number of pyridine rings is 1. The minimum absolute atomic E-state index is 0.292. The van der Waals surface area contributed by atoms with Gasteiger partial charge in [-0.3, -0.25) is 9.71 Å². The Kier molecular flexibility index (Phi) is 3.22. The van der Waals surface area contributed by atoms with E-state index in [0.29, 0.717) is 29.7 Å². The van der Waals surface area contributed by atoms with Crippen LogP contribution in [0.3, 0.4) is 0 Å². The highest BCUT2D eigenvalue weighted by atomic mass is 32.2. The van der Waals surface area contributed by atoms with Crippen LogP contribution in [0.15, 0.2) is 24.7 Å². The zero-order valence-corrected chi connectivity index (χ0v) is 11.8. The number of hydrogen-bond acceptors (Lipinski definition) is 7. The van der Waals surface area contributed by atoms with Crippen molar-refractivity contribution in [1.29, 1.82) is 0 Å². The van der Waals surface area contributed by atoms with Crippen LogP contribution in [0.2, 0.25) is 0 Å². The summed E-state index contributed by atoms with van der Waals surface area (Å²) in [5.74, 6) is 1.25. The molecule has 0 unspecified atom stereocenters. The molecule has 110 valence electrons. The molecule has 0 aliphatic carbocycles. The first-order chi connectivity index (χ1) is 10.1. The molecule has 0 fully saturated rings. The quantitative estimate of drug-likeness (QED) is 0.755. The van der Waals surface area contributed by atoms with Gasteiger partial charge in [-0.05, 0) is 11.6 Å². The van der Waals surface area contributed by atoms with Crippen molar-refractivity contribution in [1.82, 2.24) is 15.0 Å². The van der Waals surface area contributed by atoms with Crippen LogP contribution in [-0.4, -0.2) is 30.5 Å². The Morgan fingerprint density at radius 2 is 2.14 bits per heavy atom. The number of hydrogen-bond donors (Lipinski definition) is 3. The number of anilines is 3. The maximum atomic E-state index is 11.3. The van der Waals surface area contributed by atoms with Gasteiger partial charge in [-0.1, -0.05) is 0 Å². The van der Waals surface area contributed by atoms with E-state index in [0.717, 1.165) is 5.56 Å². The molecule has 0 saturated heterocycles. The molecule has 1 aliphatic rings. The summed E-state index contributed by atoms with van der Waals surface area (Å²) in [7, 11) is -2.01. The van der Waals surface area contributed by atoms with Crippen LogP contribution < -0.4 is 19.5 Å². The fourth-order valence-electron chi connectivity index (χ4n) is 1.79. The lowest BCUT2D eigenvalue weighted by Crippen LogP contribution is -2.13. The van der Waals surface area contributed by atoms with Crippen LogP contribution in [0.1, 0.15) is 5.56 Å². The van der Waals surface area contributed by atoms with Crippen molar-refractivity contribution in [3.63, 3.8) is 0 Å². The van der Waals surface area contributed by atoms with Gasteiger partial charge in [-0.25, -0.2) is 9.71 Å². The molecule has 9 nitrogen and oxygen atoms in total. The monoisotopic (exact) mass is 308 g/mol. The molecule has 0 bridgehead atoms. The molecule has 3 heterocycles. The highest BCUT2D eigenvalue weighted by molar-refractivity contribution is 7.94. The number of nitrogens with zero attached hydrogens (tertiary/aromatic N) is 3. The van der Waals surface area contributed by atoms with Gasteiger partial charge in [-0.2, -0.15) is 13.4 Å². The van der Waals surface area contributed by atoms with Gasteiger partial charge < -0.3 is 10.1 Å². The third-order valence-electron chi connectivity index (χ3n) is 2.71. The first kappa shape index (κ1) is 13.4. The molecule has 0 amide bonds. The lowest BCUT2D eigenvalue weighted by molar-refractivity contribution is 0.396. The maximum absolute atomic E-state index is 11.3. The molecule has 0 aromatic carbocycles. The molecule has 21 heavy (non-hydrogen) atoms. The molecule has 10 heteroatoms. The second-order valence-corrected chi connectivity index (χ2v) is 5.66. The Bertz CT molecular complexity index is 779. The van der Waals surface area contributed by atoms with Crippen LogP contribution >= 0.6 is 0 Å². The SMILES string of the molecule is COc1cncc(NCc2cnc3c(c2)NS(=O)(=O)N3)n1. The summed E-state index contributed by atoms with van der Waals surface area (Å²) in [5.41, 5.74) is 1.22. The minimum atomic E-state index is -3.52. The molecular weight excluding hydrogens is 296 g/mol. The van der Waals surface area contributed by atoms with Crippen molar-refractivity contribution in [3.05, 3.63) is 30.2 Å². The van der Waals surface area contributed by atoms with Crippen molar-refractivity contribution in [3.8, 4) is 5.88 Å². The van der Waals surface area contributed by atoms with Crippen molar-refractivity contribution < 1.29 is 13.2 Å². The van der Waals surface area contributed by atoms with Gasteiger partial charge in [0, 0.05) is 12.7 Å². The number of fused-ring (bicyclic) bond motifs is 1. The van der Waals surface area contributed by atoms with E-state index in [4.69, 9.17) is 4.74 Å². The number of methoxy groups -OCH3 is 1. The summed E-state index contributed by atoms with van der Waals surface area (Å²) in [5, 5.41) is 3.06. The van der Waals surface area contributed by atoms with Crippen molar-refractivity contribution in [2.75, 3.05) is 21.9 Å². The first-order valence-electron chi connectivity index (χ1n) is 5.95. The van der Waals surface area contributed by atoms with Gasteiger partial charge in [0.25, 0.3) is 0 Å². The summed E-state index contributed by atoms with van der Waals surface area (Å²) in [4.78, 5) is 12.2. The largest absolute Gasteiger partial charge is 0.480 e. The molecule has 3 N–H and O–H groups in total. The molecule has 1 aliphatic heterocycles. The van der Waals surface area contributed by atoms with Crippen molar-refractivity contribution in [2.24, 2.45) is 0 Å². The average Bonchev–Trinajstić information content (AvgIpc) is 2.78. The van der Waals surface area contributed by atoms with Crippen LogP contribution in [0.4, 0.5) is 17.3 Å². The smallest absolute Gasteiger partial charge is 0.322 e. The Hall–Kier alpha value is -2.62. The first-order valence-corrected chi connectivity index (χ1v) is 7.43. The molecule has 0 saturated carbocycles. The Labute approximate surface area is 121 Å². The zero-order chi connectivity index (χ0) is 14.9. The summed E-state index contributed by atoms with van der Waals surface area (Å²) < 4.78 is 32.3. The van der Waals surface area contributed by atoms with Gasteiger partial charge in [0.2, 0.25) is 5.88 Å². The van der Waals surface area contributed by atoms with E-state index < -0.39 is 10.2 Å². The molecular formula is C11H12N6O3S. The van der Waals surface area contributed by atoms with E-state index in [-0.39, 0.29) is 0 Å². The van der Waals surface area contributed by atoms with Gasteiger partial charge in [0.1, 0.15) is 5.82 Å². The normalized spacial score (nSPS) is 14.7. The Morgan fingerprint density at radius 1 is 1.29 bits per heavy atom. The molecule has 2 aromatic heterocycles. The van der Waals surface area contributed by atoms with E-state index >= 15 is 0 Å². The molecule has 0 radical (unpaired) electrons. The van der Waals surface area contributed by atoms with Crippen LogP contribution in [0.25, 0.3) is 0 Å². The fraction of sp³-hybridized carbons (Fsp3) is 0.182. The molecule has 3 rings (SSSR count). The zero-order valence-electron chi connectivity index (χ0n) is 11.0. The number of aromatic nitrogens is 3. The Morgan fingerprint density at radius 3 is 2.95 bits per heavy atom. The standard InChI is InChI=1S/C11H12N6O3S/c1-20-10-6-12-5-9(15-10)13-3-7-2-8-11(14-4-7)17-21(18,19)16-8/h2,4-6,16H,3H2,1H3,(H,13,15)(H,14,17). The lowest BCUT2D eigenvalue weighted by atomic mass is 10.2. The van der Waals surface area contributed by atoms with Crippen molar-refractivity contribution >= 4 is 27.5 Å². The maximum Gasteiger partial charge on any atom is 0.322 e.